The monoisotopic (exact) mass is 406 g/mol. The zero-order valence-electron chi connectivity index (χ0n) is 12.6. The lowest BCUT2D eigenvalue weighted by molar-refractivity contribution is 0.0993. The van der Waals surface area contributed by atoms with Gasteiger partial charge in [-0.05, 0) is 43.3 Å². The van der Waals surface area contributed by atoms with Gasteiger partial charge in [-0.1, -0.05) is 39.8 Å². The van der Waals surface area contributed by atoms with Crippen LogP contribution in [0, 0.1) is 5.82 Å². The van der Waals surface area contributed by atoms with E-state index in [1.54, 1.807) is 31.2 Å². The van der Waals surface area contributed by atoms with Gasteiger partial charge in [-0.3, -0.25) is 4.79 Å². The summed E-state index contributed by atoms with van der Waals surface area (Å²) < 4.78 is 19.4. The molecule has 0 aliphatic heterocycles. The lowest BCUT2D eigenvalue weighted by atomic mass is 10.1. The van der Waals surface area contributed by atoms with Crippen LogP contribution in [0.3, 0.4) is 0 Å². The first-order valence-electron chi connectivity index (χ1n) is 7.09. The third-order valence-corrected chi connectivity index (χ3v) is 4.74. The third kappa shape index (κ3) is 3.91. The van der Waals surface area contributed by atoms with Gasteiger partial charge in [0.2, 0.25) is 5.89 Å². The number of rotatable bonds is 5. The fourth-order valence-electron chi connectivity index (χ4n) is 2.02. The highest BCUT2D eigenvalue weighted by atomic mass is 79.9. The highest BCUT2D eigenvalue weighted by molar-refractivity contribution is 9.10. The van der Waals surface area contributed by atoms with E-state index in [9.17, 15) is 9.18 Å². The van der Waals surface area contributed by atoms with E-state index in [0.717, 1.165) is 4.47 Å². The molecular weight excluding hydrogens is 395 g/mol. The number of aromatic nitrogens is 2. The van der Waals surface area contributed by atoms with E-state index >= 15 is 0 Å². The molecule has 0 aliphatic rings. The van der Waals surface area contributed by atoms with Crippen LogP contribution < -0.4 is 0 Å². The van der Waals surface area contributed by atoms with Gasteiger partial charge in [0.05, 0.1) is 5.25 Å². The first-order valence-corrected chi connectivity index (χ1v) is 8.76. The van der Waals surface area contributed by atoms with E-state index in [1.165, 1.54) is 23.9 Å². The van der Waals surface area contributed by atoms with Gasteiger partial charge >= 0.3 is 0 Å². The van der Waals surface area contributed by atoms with Gasteiger partial charge in [0, 0.05) is 15.6 Å². The molecule has 1 atom stereocenters. The number of halogens is 2. The number of hydrogen-bond donors (Lipinski definition) is 0. The Morgan fingerprint density at radius 1 is 1.12 bits per heavy atom. The fraction of sp³-hybridized carbons (Fsp3) is 0.118. The predicted molar refractivity (Wildman–Crippen MR) is 93.5 cm³/mol. The topological polar surface area (TPSA) is 56.0 Å². The van der Waals surface area contributed by atoms with Gasteiger partial charge in [-0.2, -0.15) is 0 Å². The van der Waals surface area contributed by atoms with Crippen molar-refractivity contribution in [3.05, 3.63) is 64.4 Å². The average Bonchev–Trinajstić information content (AvgIpc) is 3.04. The van der Waals surface area contributed by atoms with Crippen molar-refractivity contribution >= 4 is 33.5 Å². The summed E-state index contributed by atoms with van der Waals surface area (Å²) >= 11 is 4.54. The molecule has 3 aromatic rings. The molecule has 0 saturated carbocycles. The van der Waals surface area contributed by atoms with Crippen molar-refractivity contribution in [1.82, 2.24) is 10.2 Å². The summed E-state index contributed by atoms with van der Waals surface area (Å²) in [6.45, 7) is 1.79. The van der Waals surface area contributed by atoms with E-state index in [4.69, 9.17) is 4.42 Å². The molecule has 0 fully saturated rings. The number of benzene rings is 2. The molecule has 7 heteroatoms. The maximum atomic E-state index is 12.9. The zero-order chi connectivity index (χ0) is 17.1. The summed E-state index contributed by atoms with van der Waals surface area (Å²) in [4.78, 5) is 12.4. The zero-order valence-corrected chi connectivity index (χ0v) is 15.0. The van der Waals surface area contributed by atoms with E-state index in [2.05, 4.69) is 26.1 Å². The normalized spacial score (nSPS) is 12.1. The lowest BCUT2D eigenvalue weighted by Gasteiger charge is -2.07. The maximum Gasteiger partial charge on any atom is 0.277 e. The van der Waals surface area contributed by atoms with Crippen molar-refractivity contribution in [3.63, 3.8) is 0 Å². The number of carbonyl (C=O) groups is 1. The first kappa shape index (κ1) is 16.9. The van der Waals surface area contributed by atoms with E-state index < -0.39 is 0 Å². The van der Waals surface area contributed by atoms with Crippen LogP contribution in [-0.2, 0) is 0 Å². The smallest absolute Gasteiger partial charge is 0.277 e. The molecule has 0 unspecified atom stereocenters. The first-order chi connectivity index (χ1) is 11.5. The summed E-state index contributed by atoms with van der Waals surface area (Å²) in [7, 11) is 0. The summed E-state index contributed by atoms with van der Waals surface area (Å²) in [5.41, 5.74) is 1.25. The van der Waals surface area contributed by atoms with Gasteiger partial charge in [0.1, 0.15) is 5.82 Å². The Kier molecular flexibility index (Phi) is 5.11. The number of hydrogen-bond acceptors (Lipinski definition) is 5. The van der Waals surface area contributed by atoms with E-state index in [-0.39, 0.29) is 16.9 Å². The van der Waals surface area contributed by atoms with Crippen LogP contribution in [0.25, 0.3) is 11.5 Å². The minimum Gasteiger partial charge on any atom is -0.411 e. The second-order valence-corrected chi connectivity index (χ2v) is 7.22. The molecule has 0 radical (unpaired) electrons. The molecule has 122 valence electrons. The summed E-state index contributed by atoms with van der Waals surface area (Å²) in [6, 6.07) is 13.0. The second kappa shape index (κ2) is 7.27. The minimum atomic E-state index is -0.368. The van der Waals surface area contributed by atoms with E-state index in [1.807, 2.05) is 12.1 Å². The van der Waals surface area contributed by atoms with E-state index in [0.29, 0.717) is 22.2 Å². The average molecular weight is 407 g/mol. The molecule has 0 aliphatic carbocycles. The Balaban J connectivity index is 1.70. The predicted octanol–water partition coefficient (Wildman–Crippen LogP) is 5.00. The second-order valence-electron chi connectivity index (χ2n) is 5.01. The molecule has 1 heterocycles. The van der Waals surface area contributed by atoms with Gasteiger partial charge < -0.3 is 4.42 Å². The van der Waals surface area contributed by atoms with Crippen LogP contribution in [0.15, 0.2) is 62.6 Å². The molecule has 0 bridgehead atoms. The van der Waals surface area contributed by atoms with Crippen LogP contribution in [0.2, 0.25) is 0 Å². The number of thioether (sulfide) groups is 1. The third-order valence-electron chi connectivity index (χ3n) is 3.27. The van der Waals surface area contributed by atoms with Crippen molar-refractivity contribution < 1.29 is 13.6 Å². The molecule has 0 saturated heterocycles. The van der Waals surface area contributed by atoms with Gasteiger partial charge in [-0.15, -0.1) is 10.2 Å². The molecule has 24 heavy (non-hydrogen) atoms. The number of Topliss-reactive ketones (excluding diaryl/α,β-unsaturated/α-hetero) is 1. The van der Waals surface area contributed by atoms with Gasteiger partial charge in [0.25, 0.3) is 5.22 Å². The quantitative estimate of drug-likeness (QED) is 0.440. The molecule has 0 N–H and O–H groups in total. The Morgan fingerprint density at radius 3 is 2.46 bits per heavy atom. The van der Waals surface area contributed by atoms with Gasteiger partial charge in [-0.25, -0.2) is 4.39 Å². The standard InChI is InChI=1S/C17H12BrFN2O2S/c1-10(15(22)11-2-6-13(18)7-3-11)24-17-21-20-16(23-17)12-4-8-14(19)9-5-12/h2-10H,1H3/t10-/m0/s1. The molecule has 2 aromatic carbocycles. The molecule has 3 rings (SSSR count). The van der Waals surface area contributed by atoms with Crippen molar-refractivity contribution in [1.29, 1.82) is 0 Å². The number of carbonyl (C=O) groups excluding carboxylic acids is 1. The molecule has 0 amide bonds. The number of ketones is 1. The highest BCUT2D eigenvalue weighted by Crippen LogP contribution is 2.28. The van der Waals surface area contributed by atoms with Crippen molar-refractivity contribution in [2.75, 3.05) is 0 Å². The Morgan fingerprint density at radius 2 is 1.79 bits per heavy atom. The van der Waals surface area contributed by atoms with Crippen LogP contribution in [-0.4, -0.2) is 21.2 Å². The van der Waals surface area contributed by atoms with Crippen LogP contribution >= 0.6 is 27.7 Å². The van der Waals surface area contributed by atoms with Crippen molar-refractivity contribution in [2.24, 2.45) is 0 Å². The minimum absolute atomic E-state index is 0.0194. The molecule has 0 spiro atoms. The summed E-state index contributed by atoms with van der Waals surface area (Å²) in [5.74, 6) is -0.0589. The van der Waals surface area contributed by atoms with Crippen LogP contribution in [0.5, 0.6) is 0 Å². The Bertz CT molecular complexity index is 850. The Hall–Kier alpha value is -1.99. The molecule has 4 nitrogen and oxygen atoms in total. The molecule has 1 aromatic heterocycles. The number of nitrogens with zero attached hydrogens (tertiary/aromatic N) is 2. The largest absolute Gasteiger partial charge is 0.411 e. The SMILES string of the molecule is C[C@H](Sc1nnc(-c2ccc(F)cc2)o1)C(=O)c1ccc(Br)cc1. The summed E-state index contributed by atoms with van der Waals surface area (Å²) in [6.07, 6.45) is 0. The molecular formula is C17H12BrFN2O2S. The van der Waals surface area contributed by atoms with Gasteiger partial charge in [0.15, 0.2) is 5.78 Å². The van der Waals surface area contributed by atoms with Crippen molar-refractivity contribution in [3.8, 4) is 11.5 Å². The fourth-order valence-corrected chi connectivity index (χ4v) is 3.05. The van der Waals surface area contributed by atoms with Crippen molar-refractivity contribution in [2.45, 2.75) is 17.4 Å². The maximum absolute atomic E-state index is 12.9. The van der Waals surface area contributed by atoms with Crippen LogP contribution in [0.1, 0.15) is 17.3 Å². The summed E-state index contributed by atoms with van der Waals surface area (Å²) in [5, 5.41) is 7.80. The van der Waals surface area contributed by atoms with Crippen LogP contribution in [0.4, 0.5) is 4.39 Å². The lowest BCUT2D eigenvalue weighted by Crippen LogP contribution is -2.13. The Labute approximate surface area is 150 Å². The highest BCUT2D eigenvalue weighted by Gasteiger charge is 2.20.